The Balaban J connectivity index is 2.01. The molecule has 2 aromatic rings. The number of nitrogens with zero attached hydrogens (tertiary/aromatic N) is 2. The molecule has 1 fully saturated rings. The van der Waals surface area contributed by atoms with Crippen LogP contribution in [0.3, 0.4) is 0 Å². The molecule has 0 spiro atoms. The zero-order valence-electron chi connectivity index (χ0n) is 10.4. The maximum Gasteiger partial charge on any atom is 0.161 e. The summed E-state index contributed by atoms with van der Waals surface area (Å²) in [5.41, 5.74) is 1.65. The summed E-state index contributed by atoms with van der Waals surface area (Å²) in [6, 6.07) is 8.13. The lowest BCUT2D eigenvalue weighted by atomic mass is 10.0. The normalized spacial score (nSPS) is 15.9. The predicted molar refractivity (Wildman–Crippen MR) is 73.6 cm³/mol. The van der Waals surface area contributed by atoms with Crippen molar-refractivity contribution in [2.45, 2.75) is 31.6 Å². The summed E-state index contributed by atoms with van der Waals surface area (Å²) < 4.78 is 13.3. The number of hydrogen-bond donors (Lipinski definition) is 0. The van der Waals surface area contributed by atoms with Gasteiger partial charge in [-0.1, -0.05) is 36.6 Å². The standard InChI is InChI=1S/C15H14ClFN2/c16-14-9-13(10-4-1-2-5-10)18-15(19-14)11-6-3-7-12(17)8-11/h3,6-10H,1-2,4-5H2. The zero-order valence-corrected chi connectivity index (χ0v) is 11.2. The Morgan fingerprint density at radius 1 is 1.11 bits per heavy atom. The lowest BCUT2D eigenvalue weighted by molar-refractivity contribution is 0.628. The first kappa shape index (κ1) is 12.5. The van der Waals surface area contributed by atoms with Crippen LogP contribution in [0.2, 0.25) is 5.15 Å². The van der Waals surface area contributed by atoms with Gasteiger partial charge in [-0.25, -0.2) is 14.4 Å². The lowest BCUT2D eigenvalue weighted by Gasteiger charge is -2.10. The molecule has 1 aliphatic carbocycles. The minimum absolute atomic E-state index is 0.288. The van der Waals surface area contributed by atoms with Gasteiger partial charge in [0.25, 0.3) is 0 Å². The average molecular weight is 277 g/mol. The van der Waals surface area contributed by atoms with Crippen LogP contribution in [0.25, 0.3) is 11.4 Å². The van der Waals surface area contributed by atoms with Crippen molar-refractivity contribution in [1.29, 1.82) is 0 Å². The summed E-state index contributed by atoms with van der Waals surface area (Å²) in [5.74, 6) is 0.685. The fourth-order valence-corrected chi connectivity index (χ4v) is 2.81. The zero-order chi connectivity index (χ0) is 13.2. The molecule has 1 aromatic heterocycles. The van der Waals surface area contributed by atoms with Gasteiger partial charge in [-0.05, 0) is 31.0 Å². The second-order valence-electron chi connectivity index (χ2n) is 4.93. The molecule has 0 radical (unpaired) electrons. The highest BCUT2D eigenvalue weighted by Crippen LogP contribution is 2.34. The van der Waals surface area contributed by atoms with Crippen LogP contribution in [0.15, 0.2) is 30.3 Å². The minimum Gasteiger partial charge on any atom is -0.233 e. The third-order valence-corrected chi connectivity index (χ3v) is 3.76. The summed E-state index contributed by atoms with van der Waals surface area (Å²) in [6.07, 6.45) is 4.77. The summed E-state index contributed by atoms with van der Waals surface area (Å²) >= 11 is 6.07. The molecule has 0 N–H and O–H groups in total. The Morgan fingerprint density at radius 3 is 2.63 bits per heavy atom. The van der Waals surface area contributed by atoms with E-state index in [4.69, 9.17) is 11.6 Å². The topological polar surface area (TPSA) is 25.8 Å². The van der Waals surface area contributed by atoms with Crippen LogP contribution in [0.5, 0.6) is 0 Å². The minimum atomic E-state index is -0.288. The molecule has 3 rings (SSSR count). The molecule has 1 aliphatic rings. The van der Waals surface area contributed by atoms with E-state index in [1.807, 2.05) is 6.07 Å². The van der Waals surface area contributed by atoms with Gasteiger partial charge >= 0.3 is 0 Å². The van der Waals surface area contributed by atoms with E-state index in [1.165, 1.54) is 25.0 Å². The van der Waals surface area contributed by atoms with Crippen LogP contribution in [0, 0.1) is 5.82 Å². The highest BCUT2D eigenvalue weighted by atomic mass is 35.5. The molecule has 1 saturated carbocycles. The van der Waals surface area contributed by atoms with Crippen molar-refractivity contribution >= 4 is 11.6 Å². The van der Waals surface area contributed by atoms with Crippen molar-refractivity contribution in [2.75, 3.05) is 0 Å². The van der Waals surface area contributed by atoms with E-state index in [9.17, 15) is 4.39 Å². The van der Waals surface area contributed by atoms with Crippen molar-refractivity contribution in [2.24, 2.45) is 0 Å². The van der Waals surface area contributed by atoms with Gasteiger partial charge in [-0.3, -0.25) is 0 Å². The van der Waals surface area contributed by atoms with Crippen LogP contribution >= 0.6 is 11.6 Å². The van der Waals surface area contributed by atoms with Gasteiger partial charge in [0.2, 0.25) is 0 Å². The first-order valence-electron chi connectivity index (χ1n) is 6.53. The quantitative estimate of drug-likeness (QED) is 0.750. The molecule has 19 heavy (non-hydrogen) atoms. The Bertz CT molecular complexity index is 594. The molecule has 1 aromatic carbocycles. The molecule has 2 nitrogen and oxygen atoms in total. The smallest absolute Gasteiger partial charge is 0.161 e. The van der Waals surface area contributed by atoms with Gasteiger partial charge in [0.15, 0.2) is 5.82 Å². The Labute approximate surface area is 116 Å². The van der Waals surface area contributed by atoms with E-state index < -0.39 is 0 Å². The van der Waals surface area contributed by atoms with Gasteiger partial charge in [-0.15, -0.1) is 0 Å². The van der Waals surface area contributed by atoms with Crippen molar-refractivity contribution in [3.05, 3.63) is 47.0 Å². The van der Waals surface area contributed by atoms with E-state index in [0.717, 1.165) is 18.5 Å². The highest BCUT2D eigenvalue weighted by molar-refractivity contribution is 6.29. The van der Waals surface area contributed by atoms with E-state index >= 15 is 0 Å². The van der Waals surface area contributed by atoms with E-state index in [-0.39, 0.29) is 5.82 Å². The highest BCUT2D eigenvalue weighted by Gasteiger charge is 2.20. The maximum atomic E-state index is 13.3. The molecule has 1 heterocycles. The molecule has 0 atom stereocenters. The Kier molecular flexibility index (Phi) is 3.47. The number of benzene rings is 1. The Morgan fingerprint density at radius 2 is 1.89 bits per heavy atom. The van der Waals surface area contributed by atoms with Crippen LogP contribution < -0.4 is 0 Å². The third kappa shape index (κ3) is 2.76. The first-order valence-corrected chi connectivity index (χ1v) is 6.90. The summed E-state index contributed by atoms with van der Waals surface area (Å²) in [4.78, 5) is 8.77. The molecular formula is C15H14ClFN2. The molecule has 0 saturated heterocycles. The van der Waals surface area contributed by atoms with Crippen LogP contribution in [0.1, 0.15) is 37.3 Å². The predicted octanol–water partition coefficient (Wildman–Crippen LogP) is 4.59. The molecule has 0 unspecified atom stereocenters. The molecular weight excluding hydrogens is 263 g/mol. The molecule has 0 amide bonds. The lowest BCUT2D eigenvalue weighted by Crippen LogP contribution is -2.00. The number of hydrogen-bond acceptors (Lipinski definition) is 2. The summed E-state index contributed by atoms with van der Waals surface area (Å²) in [6.45, 7) is 0. The fraction of sp³-hybridized carbons (Fsp3) is 0.333. The van der Waals surface area contributed by atoms with Gasteiger partial charge in [0, 0.05) is 17.2 Å². The summed E-state index contributed by atoms with van der Waals surface area (Å²) in [7, 11) is 0. The second kappa shape index (κ2) is 5.25. The van der Waals surface area contributed by atoms with Gasteiger partial charge in [0.1, 0.15) is 11.0 Å². The molecule has 98 valence electrons. The van der Waals surface area contributed by atoms with Gasteiger partial charge in [0.05, 0.1) is 0 Å². The maximum absolute atomic E-state index is 13.3. The van der Waals surface area contributed by atoms with Crippen molar-refractivity contribution in [3.8, 4) is 11.4 Å². The van der Waals surface area contributed by atoms with Gasteiger partial charge < -0.3 is 0 Å². The van der Waals surface area contributed by atoms with E-state index in [0.29, 0.717) is 22.5 Å². The fourth-order valence-electron chi connectivity index (χ4n) is 2.62. The van der Waals surface area contributed by atoms with Crippen molar-refractivity contribution in [1.82, 2.24) is 9.97 Å². The number of halogens is 2. The van der Waals surface area contributed by atoms with Gasteiger partial charge in [-0.2, -0.15) is 0 Å². The Hall–Kier alpha value is -1.48. The van der Waals surface area contributed by atoms with Crippen LogP contribution in [0.4, 0.5) is 4.39 Å². The second-order valence-corrected chi connectivity index (χ2v) is 5.32. The van der Waals surface area contributed by atoms with Crippen molar-refractivity contribution in [3.63, 3.8) is 0 Å². The molecule has 4 heteroatoms. The number of aromatic nitrogens is 2. The first-order chi connectivity index (χ1) is 9.22. The molecule has 0 aliphatic heterocycles. The third-order valence-electron chi connectivity index (χ3n) is 3.57. The van der Waals surface area contributed by atoms with E-state index in [2.05, 4.69) is 9.97 Å². The summed E-state index contributed by atoms with van der Waals surface area (Å²) in [5, 5.41) is 0.427. The van der Waals surface area contributed by atoms with Crippen LogP contribution in [-0.4, -0.2) is 9.97 Å². The van der Waals surface area contributed by atoms with E-state index in [1.54, 1.807) is 12.1 Å². The van der Waals surface area contributed by atoms with Crippen LogP contribution in [-0.2, 0) is 0 Å². The largest absolute Gasteiger partial charge is 0.233 e. The molecule has 0 bridgehead atoms. The van der Waals surface area contributed by atoms with Crippen molar-refractivity contribution < 1.29 is 4.39 Å². The SMILES string of the molecule is Fc1cccc(-c2nc(Cl)cc(C3CCCC3)n2)c1. The average Bonchev–Trinajstić information content (AvgIpc) is 2.92. The number of rotatable bonds is 2. The monoisotopic (exact) mass is 276 g/mol.